The van der Waals surface area contributed by atoms with E-state index in [2.05, 4.69) is 15.2 Å². The highest BCUT2D eigenvalue weighted by atomic mass is 16.4. The molecule has 1 aromatic carbocycles. The van der Waals surface area contributed by atoms with Gasteiger partial charge < -0.3 is 5.11 Å². The molecule has 0 spiro atoms. The highest BCUT2D eigenvalue weighted by Gasteiger charge is 2.08. The smallest absolute Gasteiger partial charge is 0.335 e. The fourth-order valence-electron chi connectivity index (χ4n) is 1.71. The number of hydrogen-bond acceptors (Lipinski definition) is 4. The van der Waals surface area contributed by atoms with Crippen LogP contribution in [0.5, 0.6) is 0 Å². The van der Waals surface area contributed by atoms with Gasteiger partial charge in [0.1, 0.15) is 0 Å². The van der Waals surface area contributed by atoms with Crippen LogP contribution in [0.1, 0.15) is 10.4 Å². The number of rotatable bonds is 2. The minimum atomic E-state index is -0.947. The Morgan fingerprint density at radius 2 is 1.94 bits per heavy atom. The van der Waals surface area contributed by atoms with Crippen molar-refractivity contribution >= 4 is 11.6 Å². The van der Waals surface area contributed by atoms with Gasteiger partial charge >= 0.3 is 5.97 Å². The Morgan fingerprint density at radius 1 is 1.17 bits per heavy atom. The molecule has 6 nitrogen and oxygen atoms in total. The Kier molecular flexibility index (Phi) is 2.26. The van der Waals surface area contributed by atoms with Crippen LogP contribution in [0.2, 0.25) is 0 Å². The molecule has 0 saturated carbocycles. The van der Waals surface area contributed by atoms with Crippen LogP contribution in [-0.2, 0) is 0 Å². The van der Waals surface area contributed by atoms with E-state index in [9.17, 15) is 4.79 Å². The molecule has 0 aliphatic heterocycles. The van der Waals surface area contributed by atoms with Gasteiger partial charge in [-0.15, -0.1) is 10.2 Å². The second-order valence-electron chi connectivity index (χ2n) is 3.71. The van der Waals surface area contributed by atoms with Gasteiger partial charge in [-0.2, -0.15) is 0 Å². The van der Waals surface area contributed by atoms with Gasteiger partial charge in [-0.25, -0.2) is 4.79 Å². The summed E-state index contributed by atoms with van der Waals surface area (Å²) >= 11 is 0. The maximum atomic E-state index is 10.8. The molecule has 0 amide bonds. The fourth-order valence-corrected chi connectivity index (χ4v) is 1.71. The van der Waals surface area contributed by atoms with E-state index in [-0.39, 0.29) is 5.56 Å². The van der Waals surface area contributed by atoms with Crippen LogP contribution < -0.4 is 0 Å². The topological polar surface area (TPSA) is 80.4 Å². The van der Waals surface area contributed by atoms with E-state index in [4.69, 9.17) is 5.11 Å². The maximum Gasteiger partial charge on any atom is 0.335 e. The molecule has 0 fully saturated rings. The maximum absolute atomic E-state index is 10.8. The van der Waals surface area contributed by atoms with Gasteiger partial charge in [0.05, 0.1) is 11.8 Å². The van der Waals surface area contributed by atoms with Crippen LogP contribution in [0.15, 0.2) is 42.9 Å². The Labute approximate surface area is 102 Å². The molecule has 3 aromatic rings. The SMILES string of the molecule is O=C(O)c1ccc(-c2nnc3cnccn23)cc1. The van der Waals surface area contributed by atoms with Gasteiger partial charge in [-0.3, -0.25) is 9.38 Å². The van der Waals surface area contributed by atoms with Gasteiger partial charge in [0, 0.05) is 18.0 Å². The van der Waals surface area contributed by atoms with E-state index in [0.29, 0.717) is 11.5 Å². The average Bonchev–Trinajstić information content (AvgIpc) is 2.82. The first-order valence-corrected chi connectivity index (χ1v) is 5.24. The summed E-state index contributed by atoms with van der Waals surface area (Å²) in [6, 6.07) is 6.50. The third-order valence-electron chi connectivity index (χ3n) is 2.60. The summed E-state index contributed by atoms with van der Waals surface area (Å²) in [7, 11) is 0. The average molecular weight is 240 g/mol. The Balaban J connectivity index is 2.12. The molecule has 0 saturated heterocycles. The fraction of sp³-hybridized carbons (Fsp3) is 0. The summed E-state index contributed by atoms with van der Waals surface area (Å²) in [6.07, 6.45) is 5.02. The minimum absolute atomic E-state index is 0.245. The Morgan fingerprint density at radius 3 is 2.67 bits per heavy atom. The molecule has 0 atom stereocenters. The Hall–Kier alpha value is -2.76. The summed E-state index contributed by atoms with van der Waals surface area (Å²) in [4.78, 5) is 14.7. The molecule has 0 bridgehead atoms. The van der Waals surface area contributed by atoms with E-state index in [1.807, 2.05) is 0 Å². The van der Waals surface area contributed by atoms with E-state index in [0.717, 1.165) is 5.56 Å². The van der Waals surface area contributed by atoms with Crippen molar-refractivity contribution in [2.45, 2.75) is 0 Å². The first-order chi connectivity index (χ1) is 8.75. The van der Waals surface area contributed by atoms with Gasteiger partial charge in [0.15, 0.2) is 11.5 Å². The monoisotopic (exact) mass is 240 g/mol. The third kappa shape index (κ3) is 1.60. The quantitative estimate of drug-likeness (QED) is 0.734. The number of benzene rings is 1. The van der Waals surface area contributed by atoms with Crippen LogP contribution in [-0.4, -0.2) is 30.7 Å². The van der Waals surface area contributed by atoms with Crippen LogP contribution >= 0.6 is 0 Å². The number of carboxylic acid groups (broad SMARTS) is 1. The number of carboxylic acids is 1. The van der Waals surface area contributed by atoms with Crippen LogP contribution in [0, 0.1) is 0 Å². The summed E-state index contributed by atoms with van der Waals surface area (Å²) in [5, 5.41) is 16.9. The van der Waals surface area contributed by atoms with Crippen LogP contribution in [0.3, 0.4) is 0 Å². The number of aromatic nitrogens is 4. The summed E-state index contributed by atoms with van der Waals surface area (Å²) < 4.78 is 1.79. The van der Waals surface area contributed by atoms with Gasteiger partial charge in [-0.05, 0) is 12.1 Å². The largest absolute Gasteiger partial charge is 0.478 e. The van der Waals surface area contributed by atoms with E-state index < -0.39 is 5.97 Å². The molecule has 0 unspecified atom stereocenters. The zero-order chi connectivity index (χ0) is 12.5. The van der Waals surface area contributed by atoms with Crippen LogP contribution in [0.25, 0.3) is 17.0 Å². The first-order valence-electron chi connectivity index (χ1n) is 5.24. The molecule has 18 heavy (non-hydrogen) atoms. The molecular formula is C12H8N4O2. The second-order valence-corrected chi connectivity index (χ2v) is 3.71. The van der Waals surface area contributed by atoms with E-state index in [1.165, 1.54) is 0 Å². The van der Waals surface area contributed by atoms with Crippen molar-refractivity contribution in [3.63, 3.8) is 0 Å². The summed E-state index contributed by atoms with van der Waals surface area (Å²) in [6.45, 7) is 0. The molecule has 1 N–H and O–H groups in total. The number of nitrogens with zero attached hydrogens (tertiary/aromatic N) is 4. The van der Waals surface area contributed by atoms with Crippen molar-refractivity contribution in [3.05, 3.63) is 48.4 Å². The zero-order valence-corrected chi connectivity index (χ0v) is 9.19. The third-order valence-corrected chi connectivity index (χ3v) is 2.60. The molecule has 0 radical (unpaired) electrons. The van der Waals surface area contributed by atoms with Crippen molar-refractivity contribution in [2.75, 3.05) is 0 Å². The molecule has 0 aliphatic carbocycles. The zero-order valence-electron chi connectivity index (χ0n) is 9.19. The molecular weight excluding hydrogens is 232 g/mol. The molecule has 2 heterocycles. The minimum Gasteiger partial charge on any atom is -0.478 e. The predicted octanol–water partition coefficient (Wildman–Crippen LogP) is 1.49. The van der Waals surface area contributed by atoms with Gasteiger partial charge in [0.25, 0.3) is 0 Å². The molecule has 3 rings (SSSR count). The molecule has 0 aliphatic rings. The molecule has 2 aromatic heterocycles. The standard InChI is InChI=1S/C12H8N4O2/c17-12(18)9-3-1-8(2-4-9)11-15-14-10-7-13-5-6-16(10)11/h1-7H,(H,17,18). The summed E-state index contributed by atoms with van der Waals surface area (Å²) in [5.41, 5.74) is 1.70. The van der Waals surface area contributed by atoms with Crippen molar-refractivity contribution in [3.8, 4) is 11.4 Å². The summed E-state index contributed by atoms with van der Waals surface area (Å²) in [5.74, 6) is -0.291. The van der Waals surface area contributed by atoms with Crippen molar-refractivity contribution < 1.29 is 9.90 Å². The highest BCUT2D eigenvalue weighted by molar-refractivity contribution is 5.88. The van der Waals surface area contributed by atoms with Crippen molar-refractivity contribution in [1.29, 1.82) is 0 Å². The number of fused-ring (bicyclic) bond motifs is 1. The second kappa shape index (κ2) is 3.92. The lowest BCUT2D eigenvalue weighted by Crippen LogP contribution is -1.96. The lowest BCUT2D eigenvalue weighted by Gasteiger charge is -2.00. The first kappa shape index (κ1) is 10.4. The number of carbonyl (C=O) groups is 1. The van der Waals surface area contributed by atoms with E-state index >= 15 is 0 Å². The van der Waals surface area contributed by atoms with Gasteiger partial charge in [0.2, 0.25) is 0 Å². The molecule has 88 valence electrons. The lowest BCUT2D eigenvalue weighted by atomic mass is 10.1. The highest BCUT2D eigenvalue weighted by Crippen LogP contribution is 2.18. The predicted molar refractivity (Wildman–Crippen MR) is 63.2 cm³/mol. The normalized spacial score (nSPS) is 10.7. The number of hydrogen-bond donors (Lipinski definition) is 1. The number of aromatic carboxylic acids is 1. The van der Waals surface area contributed by atoms with Gasteiger partial charge in [-0.1, -0.05) is 12.1 Å². The van der Waals surface area contributed by atoms with Crippen molar-refractivity contribution in [1.82, 2.24) is 19.6 Å². The lowest BCUT2D eigenvalue weighted by molar-refractivity contribution is 0.0697. The van der Waals surface area contributed by atoms with Crippen LogP contribution in [0.4, 0.5) is 0 Å². The van der Waals surface area contributed by atoms with E-state index in [1.54, 1.807) is 47.3 Å². The molecule has 6 heteroatoms. The van der Waals surface area contributed by atoms with Crippen molar-refractivity contribution in [2.24, 2.45) is 0 Å². The Bertz CT molecular complexity index is 718.